The lowest BCUT2D eigenvalue weighted by atomic mass is 9.92. The molecule has 19 heavy (non-hydrogen) atoms. The minimum absolute atomic E-state index is 0.184. The molecule has 0 spiro atoms. The number of carbonyl (C=O) groups is 1. The molecule has 1 amide bonds. The van der Waals surface area contributed by atoms with Crippen molar-refractivity contribution in [3.63, 3.8) is 0 Å². The molecule has 1 aromatic rings. The first kappa shape index (κ1) is 13.3. The van der Waals surface area contributed by atoms with Crippen LogP contribution in [0, 0.1) is 5.92 Å². The second kappa shape index (κ2) is 5.69. The Morgan fingerprint density at radius 1 is 1.32 bits per heavy atom. The number of amides is 1. The summed E-state index contributed by atoms with van der Waals surface area (Å²) < 4.78 is 0. The molecule has 1 aliphatic rings. The molecule has 2 rings (SSSR count). The first-order valence-corrected chi connectivity index (χ1v) is 6.52. The van der Waals surface area contributed by atoms with Crippen LogP contribution in [-0.2, 0) is 11.2 Å². The second-order valence-corrected chi connectivity index (χ2v) is 4.89. The third-order valence-corrected chi connectivity index (χ3v) is 3.48. The average Bonchev–Trinajstić information content (AvgIpc) is 2.56. The fourth-order valence-corrected chi connectivity index (χ4v) is 2.43. The monoisotopic (exact) mass is 257 g/mol. The summed E-state index contributed by atoms with van der Waals surface area (Å²) in [5.74, 6) is -0.0558. The largest absolute Gasteiger partial charge is 0.370 e. The number of nitrogens with zero attached hydrogens (tertiary/aromatic N) is 1. The van der Waals surface area contributed by atoms with Gasteiger partial charge in [-0.1, -0.05) is 37.6 Å². The molecule has 4 heteroatoms. The molecule has 0 saturated carbocycles. The van der Waals surface area contributed by atoms with Crippen molar-refractivity contribution >= 4 is 17.9 Å². The molecule has 0 aromatic heterocycles. The number of aliphatic imine (C=N–C) groups is 1. The molecule has 1 aliphatic carbocycles. The number of fused-ring (bicyclic) bond motifs is 1. The van der Waals surface area contributed by atoms with Crippen LogP contribution in [0.1, 0.15) is 30.9 Å². The van der Waals surface area contributed by atoms with Crippen LogP contribution in [0.5, 0.6) is 0 Å². The third-order valence-electron chi connectivity index (χ3n) is 3.48. The van der Waals surface area contributed by atoms with Crippen molar-refractivity contribution in [3.05, 3.63) is 41.0 Å². The van der Waals surface area contributed by atoms with Crippen LogP contribution >= 0.6 is 0 Å². The summed E-state index contributed by atoms with van der Waals surface area (Å²) in [5.41, 5.74) is 13.6. The van der Waals surface area contributed by atoms with Gasteiger partial charge >= 0.3 is 0 Å². The highest BCUT2D eigenvalue weighted by Gasteiger charge is 2.20. The van der Waals surface area contributed by atoms with Crippen molar-refractivity contribution in [3.8, 4) is 0 Å². The summed E-state index contributed by atoms with van der Waals surface area (Å²) in [4.78, 5) is 15.7. The Hall–Kier alpha value is -2.10. The maximum Gasteiger partial charge on any atom is 0.276 e. The zero-order valence-electron chi connectivity index (χ0n) is 11.1. The number of hydrogen-bond donors (Lipinski definition) is 2. The average molecular weight is 257 g/mol. The molecule has 0 saturated heterocycles. The first-order chi connectivity index (χ1) is 9.10. The van der Waals surface area contributed by atoms with Crippen molar-refractivity contribution in [1.82, 2.24) is 0 Å². The zero-order valence-corrected chi connectivity index (χ0v) is 11.1. The molecule has 0 aliphatic heterocycles. The second-order valence-electron chi connectivity index (χ2n) is 4.89. The highest BCUT2D eigenvalue weighted by atomic mass is 16.1. The molecule has 1 atom stereocenters. The Morgan fingerprint density at radius 3 is 2.74 bits per heavy atom. The van der Waals surface area contributed by atoms with E-state index in [4.69, 9.17) is 11.5 Å². The lowest BCUT2D eigenvalue weighted by Crippen LogP contribution is -2.24. The Morgan fingerprint density at radius 2 is 2.05 bits per heavy atom. The molecule has 0 bridgehead atoms. The van der Waals surface area contributed by atoms with Gasteiger partial charge in [0.25, 0.3) is 5.91 Å². The fraction of sp³-hybridized carbons (Fsp3) is 0.333. The molecule has 4 N–H and O–H groups in total. The molecule has 0 radical (unpaired) electrons. The summed E-state index contributed by atoms with van der Waals surface area (Å²) in [6.07, 6.45) is 4.66. The highest BCUT2D eigenvalue weighted by molar-refractivity contribution is 6.04. The van der Waals surface area contributed by atoms with E-state index in [1.807, 2.05) is 24.3 Å². The molecule has 0 heterocycles. The zero-order chi connectivity index (χ0) is 13.8. The summed E-state index contributed by atoms with van der Waals surface area (Å²) in [7, 11) is 0. The quantitative estimate of drug-likeness (QED) is 0.626. The van der Waals surface area contributed by atoms with Crippen molar-refractivity contribution in [1.29, 1.82) is 0 Å². The van der Waals surface area contributed by atoms with E-state index in [2.05, 4.69) is 18.0 Å². The first-order valence-electron chi connectivity index (χ1n) is 6.52. The summed E-state index contributed by atoms with van der Waals surface area (Å²) >= 11 is 0. The molecular weight excluding hydrogens is 238 g/mol. The molecule has 1 unspecified atom stereocenters. The van der Waals surface area contributed by atoms with E-state index in [0.29, 0.717) is 11.5 Å². The van der Waals surface area contributed by atoms with Crippen LogP contribution < -0.4 is 11.5 Å². The van der Waals surface area contributed by atoms with Gasteiger partial charge in [-0.2, -0.15) is 4.99 Å². The Bertz CT molecular complexity index is 542. The van der Waals surface area contributed by atoms with Crippen LogP contribution in [0.15, 0.2) is 34.8 Å². The van der Waals surface area contributed by atoms with Gasteiger partial charge in [0, 0.05) is 5.57 Å². The highest BCUT2D eigenvalue weighted by Crippen LogP contribution is 2.29. The van der Waals surface area contributed by atoms with E-state index in [1.54, 1.807) is 0 Å². The summed E-state index contributed by atoms with van der Waals surface area (Å²) in [6, 6.07) is 8.14. The molecule has 100 valence electrons. The van der Waals surface area contributed by atoms with Crippen LogP contribution in [-0.4, -0.2) is 11.9 Å². The van der Waals surface area contributed by atoms with Crippen LogP contribution in [0.3, 0.4) is 0 Å². The van der Waals surface area contributed by atoms with Gasteiger partial charge in [0.15, 0.2) is 5.96 Å². The lowest BCUT2D eigenvalue weighted by molar-refractivity contribution is -0.114. The Labute approximate surface area is 113 Å². The topological polar surface area (TPSA) is 81.5 Å². The summed E-state index contributed by atoms with van der Waals surface area (Å²) in [5, 5.41) is 0. The molecule has 0 fully saturated rings. The van der Waals surface area contributed by atoms with E-state index in [0.717, 1.165) is 24.8 Å². The fourth-order valence-electron chi connectivity index (χ4n) is 2.43. The van der Waals surface area contributed by atoms with Crippen LogP contribution in [0.25, 0.3) is 6.08 Å². The number of carbonyl (C=O) groups excluding carboxylic acids is 1. The van der Waals surface area contributed by atoms with E-state index < -0.39 is 0 Å². The lowest BCUT2D eigenvalue weighted by Gasteiger charge is -2.13. The van der Waals surface area contributed by atoms with Crippen molar-refractivity contribution in [2.75, 3.05) is 0 Å². The number of guanidine groups is 1. The van der Waals surface area contributed by atoms with Gasteiger partial charge in [-0.3, -0.25) is 4.79 Å². The Kier molecular flexibility index (Phi) is 4.00. The van der Waals surface area contributed by atoms with Gasteiger partial charge in [0.1, 0.15) is 0 Å². The smallest absolute Gasteiger partial charge is 0.276 e. The van der Waals surface area contributed by atoms with E-state index in [1.165, 1.54) is 5.56 Å². The standard InChI is InChI=1S/C15H19N3O/c1-2-10-7-11-5-3-4-6-12(11)9-13(8-10)14(19)18-15(16)17/h3-6,9-10H,2,7-8H2,1H3,(H4,16,17,18,19). The van der Waals surface area contributed by atoms with Crippen LogP contribution in [0.4, 0.5) is 0 Å². The van der Waals surface area contributed by atoms with Gasteiger partial charge < -0.3 is 11.5 Å². The third kappa shape index (κ3) is 3.22. The summed E-state index contributed by atoms with van der Waals surface area (Å²) in [6.45, 7) is 2.14. The van der Waals surface area contributed by atoms with Gasteiger partial charge in [0.2, 0.25) is 0 Å². The molecule has 4 nitrogen and oxygen atoms in total. The maximum absolute atomic E-state index is 12.0. The minimum Gasteiger partial charge on any atom is -0.370 e. The maximum atomic E-state index is 12.0. The SMILES string of the molecule is CCC1CC(C(=O)N=C(N)N)=Cc2ccccc2C1. The number of rotatable bonds is 2. The normalized spacial score (nSPS) is 17.9. The predicted molar refractivity (Wildman–Crippen MR) is 77.3 cm³/mol. The van der Waals surface area contributed by atoms with Crippen molar-refractivity contribution in [2.45, 2.75) is 26.2 Å². The number of hydrogen-bond acceptors (Lipinski definition) is 1. The minimum atomic E-state index is -0.324. The van der Waals surface area contributed by atoms with Gasteiger partial charge in [-0.25, -0.2) is 0 Å². The number of nitrogens with two attached hydrogens (primary N) is 2. The van der Waals surface area contributed by atoms with Gasteiger partial charge in [0.05, 0.1) is 0 Å². The molecular formula is C15H19N3O. The van der Waals surface area contributed by atoms with Crippen LogP contribution in [0.2, 0.25) is 0 Å². The van der Waals surface area contributed by atoms with Crippen molar-refractivity contribution in [2.24, 2.45) is 22.4 Å². The number of benzene rings is 1. The van der Waals surface area contributed by atoms with Gasteiger partial charge in [-0.05, 0) is 36.0 Å². The molecule has 1 aromatic carbocycles. The van der Waals surface area contributed by atoms with E-state index in [-0.39, 0.29) is 11.9 Å². The predicted octanol–water partition coefficient (Wildman–Crippen LogP) is 1.84. The van der Waals surface area contributed by atoms with E-state index >= 15 is 0 Å². The van der Waals surface area contributed by atoms with E-state index in [9.17, 15) is 4.79 Å². The van der Waals surface area contributed by atoms with Gasteiger partial charge in [-0.15, -0.1) is 0 Å². The Balaban J connectivity index is 2.40. The van der Waals surface area contributed by atoms with Crippen molar-refractivity contribution < 1.29 is 4.79 Å².